The molecule has 0 spiro atoms. The normalized spacial score (nSPS) is 12.1. The summed E-state index contributed by atoms with van der Waals surface area (Å²) < 4.78 is 28.3. The van der Waals surface area contributed by atoms with Gasteiger partial charge in [-0.25, -0.2) is 13.6 Å². The van der Waals surface area contributed by atoms with Crippen molar-refractivity contribution in [3.63, 3.8) is 0 Å². The molecule has 0 saturated carbocycles. The number of aromatic nitrogens is 2. The summed E-state index contributed by atoms with van der Waals surface area (Å²) in [4.78, 5) is 36.0. The molecule has 2 aromatic heterocycles. The lowest BCUT2D eigenvalue weighted by atomic mass is 9.93. The Morgan fingerprint density at radius 3 is 2.44 bits per heavy atom. The number of aliphatic carboxylic acids is 1. The Labute approximate surface area is 235 Å². The molecule has 5 rings (SSSR count). The van der Waals surface area contributed by atoms with E-state index in [1.165, 1.54) is 0 Å². The van der Waals surface area contributed by atoms with Gasteiger partial charge >= 0.3 is 5.97 Å². The molecule has 9 heteroatoms. The fourth-order valence-electron chi connectivity index (χ4n) is 4.98. The molecule has 0 fully saturated rings. The van der Waals surface area contributed by atoms with Gasteiger partial charge in [0, 0.05) is 47.9 Å². The number of carbonyl (C=O) groups excluding carboxylic acids is 1. The molecular formula is C32H28F2N4O3. The maximum absolute atomic E-state index is 14.2. The lowest BCUT2D eigenvalue weighted by Gasteiger charge is -2.18. The maximum atomic E-state index is 14.2. The van der Waals surface area contributed by atoms with Crippen molar-refractivity contribution < 1.29 is 23.5 Å². The van der Waals surface area contributed by atoms with Crippen LogP contribution in [-0.2, 0) is 17.6 Å². The zero-order valence-electron chi connectivity index (χ0n) is 22.6. The molecule has 2 heterocycles. The third-order valence-corrected chi connectivity index (χ3v) is 7.03. The number of fused-ring (bicyclic) bond motifs is 2. The van der Waals surface area contributed by atoms with Crippen molar-refractivity contribution in [1.82, 2.24) is 20.2 Å². The Hall–Kier alpha value is -4.76. The van der Waals surface area contributed by atoms with Crippen molar-refractivity contribution in [2.24, 2.45) is 0 Å². The van der Waals surface area contributed by atoms with Gasteiger partial charge in [0.1, 0.15) is 23.2 Å². The summed E-state index contributed by atoms with van der Waals surface area (Å²) in [6.07, 6.45) is 5.96. The first kappa shape index (κ1) is 27.8. The summed E-state index contributed by atoms with van der Waals surface area (Å²) in [6.45, 7) is 0.877. The van der Waals surface area contributed by atoms with E-state index in [2.05, 4.69) is 27.3 Å². The number of carbonyl (C=O) groups is 2. The standard InChI is InChI=1S/C32H28F2N4O3/c1-38(2)14-11-19-15-21-9-12-35-18-25(21)24(16-19)30-23-6-3-5-20(22(23)10-13-36-30)17-28(32(40)41)37-31(39)29-26(33)7-4-8-27(29)34/h3-10,12-13,15-16,18,28H,11,14,17H2,1-2H3,(H,37,39)(H,40,41)/t28-/m0/s1. The number of hydrogen-bond acceptors (Lipinski definition) is 5. The van der Waals surface area contributed by atoms with E-state index in [4.69, 9.17) is 4.98 Å². The lowest BCUT2D eigenvalue weighted by molar-refractivity contribution is -0.139. The number of amides is 1. The number of pyridine rings is 2. The lowest BCUT2D eigenvalue weighted by Crippen LogP contribution is -2.43. The molecule has 0 aliphatic heterocycles. The summed E-state index contributed by atoms with van der Waals surface area (Å²) in [7, 11) is 4.05. The highest BCUT2D eigenvalue weighted by atomic mass is 19.1. The van der Waals surface area contributed by atoms with Gasteiger partial charge in [0.05, 0.1) is 5.69 Å². The van der Waals surface area contributed by atoms with Gasteiger partial charge in [-0.15, -0.1) is 0 Å². The number of carboxylic acids is 1. The Balaban J connectivity index is 1.54. The summed E-state index contributed by atoms with van der Waals surface area (Å²) in [5.41, 5.74) is 2.59. The van der Waals surface area contributed by atoms with Gasteiger partial charge in [-0.05, 0) is 72.7 Å². The SMILES string of the molecule is CN(C)CCc1cc(-c2nccc3c(C[C@H](NC(=O)c4c(F)cccc4F)C(=O)O)cccc23)c2cnccc2c1. The second-order valence-corrected chi connectivity index (χ2v) is 10.1. The first-order chi connectivity index (χ1) is 19.7. The van der Waals surface area contributed by atoms with Crippen molar-refractivity contribution in [2.75, 3.05) is 20.6 Å². The van der Waals surface area contributed by atoms with Crippen LogP contribution in [-0.4, -0.2) is 58.5 Å². The highest BCUT2D eigenvalue weighted by Crippen LogP contribution is 2.34. The highest BCUT2D eigenvalue weighted by molar-refractivity contribution is 6.05. The van der Waals surface area contributed by atoms with Crippen LogP contribution in [0.3, 0.4) is 0 Å². The second-order valence-electron chi connectivity index (χ2n) is 10.1. The first-order valence-electron chi connectivity index (χ1n) is 13.1. The van der Waals surface area contributed by atoms with E-state index in [1.54, 1.807) is 30.6 Å². The molecule has 7 nitrogen and oxygen atoms in total. The fourth-order valence-corrected chi connectivity index (χ4v) is 4.98. The summed E-state index contributed by atoms with van der Waals surface area (Å²) >= 11 is 0. The van der Waals surface area contributed by atoms with Crippen LogP contribution in [0.4, 0.5) is 8.78 Å². The average molecular weight is 555 g/mol. The topological polar surface area (TPSA) is 95.4 Å². The molecule has 0 aliphatic rings. The van der Waals surface area contributed by atoms with Crippen molar-refractivity contribution in [2.45, 2.75) is 18.9 Å². The third kappa shape index (κ3) is 5.90. The third-order valence-electron chi connectivity index (χ3n) is 7.03. The van der Waals surface area contributed by atoms with Crippen LogP contribution in [0.5, 0.6) is 0 Å². The number of nitrogens with zero attached hydrogens (tertiary/aromatic N) is 3. The molecule has 5 aromatic rings. The van der Waals surface area contributed by atoms with Crippen LogP contribution in [0.2, 0.25) is 0 Å². The van der Waals surface area contributed by atoms with Gasteiger partial charge in [-0.2, -0.15) is 0 Å². The first-order valence-corrected chi connectivity index (χ1v) is 13.1. The molecule has 0 unspecified atom stereocenters. The van der Waals surface area contributed by atoms with Gasteiger partial charge in [0.25, 0.3) is 5.91 Å². The molecule has 0 radical (unpaired) electrons. The number of halogens is 2. The number of nitrogens with one attached hydrogen (secondary N) is 1. The molecule has 1 atom stereocenters. The fraction of sp³-hybridized carbons (Fsp3) is 0.188. The molecule has 0 saturated heterocycles. The predicted molar refractivity (Wildman–Crippen MR) is 154 cm³/mol. The number of likely N-dealkylation sites (N-methyl/N-ethyl adjacent to an activating group) is 1. The van der Waals surface area contributed by atoms with E-state index in [0.29, 0.717) is 5.56 Å². The molecule has 3 aromatic carbocycles. The van der Waals surface area contributed by atoms with Gasteiger partial charge in [0.2, 0.25) is 0 Å². The number of rotatable bonds is 9. The van der Waals surface area contributed by atoms with Crippen molar-refractivity contribution in [3.05, 3.63) is 108 Å². The van der Waals surface area contributed by atoms with Crippen molar-refractivity contribution in [1.29, 1.82) is 0 Å². The summed E-state index contributed by atoms with van der Waals surface area (Å²) in [5.74, 6) is -4.60. The van der Waals surface area contributed by atoms with Crippen LogP contribution in [0.1, 0.15) is 21.5 Å². The summed E-state index contributed by atoms with van der Waals surface area (Å²) in [6, 6.07) is 15.1. The van der Waals surface area contributed by atoms with Crippen LogP contribution < -0.4 is 5.32 Å². The molecule has 208 valence electrons. The zero-order chi connectivity index (χ0) is 29.1. The number of benzene rings is 3. The van der Waals surface area contributed by atoms with Crippen LogP contribution in [0.15, 0.2) is 79.3 Å². The molecule has 41 heavy (non-hydrogen) atoms. The van der Waals surface area contributed by atoms with E-state index in [9.17, 15) is 23.5 Å². The van der Waals surface area contributed by atoms with Gasteiger partial charge in [-0.3, -0.25) is 14.8 Å². The molecule has 0 bridgehead atoms. The van der Waals surface area contributed by atoms with Gasteiger partial charge < -0.3 is 15.3 Å². The Morgan fingerprint density at radius 2 is 1.71 bits per heavy atom. The van der Waals surface area contributed by atoms with Crippen LogP contribution in [0.25, 0.3) is 32.8 Å². The zero-order valence-corrected chi connectivity index (χ0v) is 22.6. The van der Waals surface area contributed by atoms with Gasteiger partial charge in [0.15, 0.2) is 0 Å². The largest absolute Gasteiger partial charge is 0.480 e. The van der Waals surface area contributed by atoms with Crippen molar-refractivity contribution >= 4 is 33.4 Å². The second kappa shape index (κ2) is 11.8. The predicted octanol–water partition coefficient (Wildman–Crippen LogP) is 5.26. The molecular weight excluding hydrogens is 526 g/mol. The Kier molecular flexibility index (Phi) is 7.98. The quantitative estimate of drug-likeness (QED) is 0.258. The Morgan fingerprint density at radius 1 is 0.951 bits per heavy atom. The van der Waals surface area contributed by atoms with E-state index in [-0.39, 0.29) is 6.42 Å². The Bertz CT molecular complexity index is 1750. The van der Waals surface area contributed by atoms with Crippen LogP contribution >= 0.6 is 0 Å². The van der Waals surface area contributed by atoms with Crippen LogP contribution in [0, 0.1) is 11.6 Å². The smallest absolute Gasteiger partial charge is 0.326 e. The van der Waals surface area contributed by atoms with E-state index < -0.39 is 35.1 Å². The maximum Gasteiger partial charge on any atom is 0.326 e. The molecule has 2 N–H and O–H groups in total. The molecule has 1 amide bonds. The minimum Gasteiger partial charge on any atom is -0.480 e. The minimum atomic E-state index is -1.43. The molecule has 0 aliphatic carbocycles. The van der Waals surface area contributed by atoms with E-state index in [1.807, 2.05) is 32.4 Å². The van der Waals surface area contributed by atoms with Crippen molar-refractivity contribution in [3.8, 4) is 11.3 Å². The highest BCUT2D eigenvalue weighted by Gasteiger charge is 2.26. The van der Waals surface area contributed by atoms with E-state index >= 15 is 0 Å². The van der Waals surface area contributed by atoms with E-state index in [0.717, 1.165) is 69.5 Å². The summed E-state index contributed by atoms with van der Waals surface area (Å²) in [5, 5.41) is 15.7. The number of carboxylic acid groups (broad SMARTS) is 1. The number of hydrogen-bond donors (Lipinski definition) is 2. The monoisotopic (exact) mass is 554 g/mol. The average Bonchev–Trinajstić information content (AvgIpc) is 2.95. The van der Waals surface area contributed by atoms with Gasteiger partial charge in [-0.1, -0.05) is 30.3 Å². The minimum absolute atomic E-state index is 0.108.